The Morgan fingerprint density at radius 2 is 1.59 bits per heavy atom. The maximum Gasteiger partial charge on any atom is 0.311 e. The highest BCUT2D eigenvalue weighted by atomic mass is 16.7. The molecule has 4 heterocycles. The second-order valence-electron chi connectivity index (χ2n) is 19.6. The van der Waals surface area contributed by atoms with E-state index in [-0.39, 0.29) is 19.3 Å². The summed E-state index contributed by atoms with van der Waals surface area (Å²) in [6, 6.07) is 9.62. The van der Waals surface area contributed by atoms with E-state index in [1.807, 2.05) is 41.8 Å². The Labute approximate surface area is 378 Å². The van der Waals surface area contributed by atoms with Crippen LogP contribution >= 0.6 is 0 Å². The molecule has 0 aliphatic carbocycles. The number of Topliss-reactive ketones (excluding diaryl/α,β-unsaturated/α-hetero) is 1. The van der Waals surface area contributed by atoms with E-state index in [1.165, 1.54) is 33.4 Å². The van der Waals surface area contributed by atoms with Gasteiger partial charge < -0.3 is 54.0 Å². The van der Waals surface area contributed by atoms with Gasteiger partial charge in [-0.15, -0.1) is 5.10 Å². The van der Waals surface area contributed by atoms with E-state index in [4.69, 9.17) is 28.4 Å². The number of hydrogen-bond acceptors (Lipinski definition) is 16. The van der Waals surface area contributed by atoms with Crippen LogP contribution in [0, 0.1) is 23.7 Å². The molecule has 3 aliphatic rings. The summed E-state index contributed by atoms with van der Waals surface area (Å²) in [5, 5.41) is 67.6. The van der Waals surface area contributed by atoms with Crippen LogP contribution in [0.2, 0.25) is 0 Å². The van der Waals surface area contributed by atoms with Crippen molar-refractivity contribution in [2.24, 2.45) is 23.7 Å². The lowest BCUT2D eigenvalue weighted by atomic mass is 9.74. The van der Waals surface area contributed by atoms with E-state index in [2.05, 4.69) is 22.4 Å². The van der Waals surface area contributed by atoms with Crippen molar-refractivity contribution >= 4 is 11.8 Å². The third-order valence-electron chi connectivity index (χ3n) is 14.3. The smallest absolute Gasteiger partial charge is 0.311 e. The van der Waals surface area contributed by atoms with Crippen LogP contribution in [0.4, 0.5) is 0 Å². The van der Waals surface area contributed by atoms with Gasteiger partial charge in [-0.2, -0.15) is 0 Å². The first-order valence-electron chi connectivity index (χ1n) is 23.0. The highest BCUT2D eigenvalue weighted by Crippen LogP contribution is 2.41. The summed E-state index contributed by atoms with van der Waals surface area (Å²) >= 11 is 0. The number of likely N-dealkylation sites (N-methyl/N-ethyl adjacent to an activating group) is 1. The molecule has 0 unspecified atom stereocenters. The SMILES string of the molecule is CC[C@H]1OC(=O)[C@H](C)[C@@H](O[C@H]2C[C@@](C)(OC)[C@@H](O)[C@H](C)O2)[C@H](C)[C@@H](O[C@@H]2O[C@H](C)C[C@H](N(C)Cc3cnnn3CCc3ccccc3)[C@H]2O)[C@](C)(O)C[C@@H](C)C(=O)[C@H](C)[C@@H](O)[C@]1(C)O. The standard InChI is InChI=1S/C47H76N4O13/c1-13-35-47(10,58)40(54)28(4)37(52)26(2)22-45(8,57)42(29(5)39(30(6)43(56)62-35)63-36-23-46(9,59-12)41(55)31(7)61-36)64-44-38(53)34(21-27(3)60-44)50(11)25-33-24-48-49-51(33)20-19-32-17-15-14-16-18-32/h14-18,24,26-31,34-36,38-42,44,53-55,57-58H,13,19-23,25H2,1-12H3/t26-,27-,28+,29+,30-,31+,34+,35-,36+,38-,39+,40-,41+,42-,44+,45-,46-,47-/m1/s1. The number of methoxy groups -OCH3 is 1. The minimum atomic E-state index is -2.02. The molecule has 64 heavy (non-hydrogen) atoms. The molecule has 2 aromatic rings. The number of carbonyl (C=O) groups is 2. The van der Waals surface area contributed by atoms with E-state index in [0.29, 0.717) is 19.5 Å². The summed E-state index contributed by atoms with van der Waals surface area (Å²) in [6.07, 6.45) is -7.99. The topological polar surface area (TPSA) is 225 Å². The van der Waals surface area contributed by atoms with Gasteiger partial charge in [-0.1, -0.05) is 63.2 Å². The molecule has 17 heteroatoms. The monoisotopic (exact) mass is 905 g/mol. The van der Waals surface area contributed by atoms with Gasteiger partial charge in [0.25, 0.3) is 0 Å². The molecule has 5 rings (SSSR count). The van der Waals surface area contributed by atoms with E-state index in [1.54, 1.807) is 47.7 Å². The van der Waals surface area contributed by atoms with E-state index in [0.717, 1.165) is 12.1 Å². The predicted molar refractivity (Wildman–Crippen MR) is 234 cm³/mol. The molecule has 0 bridgehead atoms. The summed E-state index contributed by atoms with van der Waals surface area (Å²) < 4.78 is 39.7. The number of aliphatic hydroxyl groups excluding tert-OH is 3. The van der Waals surface area contributed by atoms with Crippen molar-refractivity contribution in [1.29, 1.82) is 0 Å². The minimum Gasteiger partial charge on any atom is -0.459 e. The van der Waals surface area contributed by atoms with Gasteiger partial charge in [-0.05, 0) is 79.8 Å². The van der Waals surface area contributed by atoms with Gasteiger partial charge in [0, 0.05) is 50.4 Å². The highest BCUT2D eigenvalue weighted by Gasteiger charge is 2.53. The van der Waals surface area contributed by atoms with Crippen molar-refractivity contribution in [3.05, 3.63) is 47.8 Å². The van der Waals surface area contributed by atoms with Gasteiger partial charge in [0.1, 0.15) is 29.7 Å². The normalized spacial score (nSPS) is 42.0. The second kappa shape index (κ2) is 21.3. The van der Waals surface area contributed by atoms with E-state index >= 15 is 0 Å². The number of aliphatic hydroxyl groups is 5. The number of aromatic nitrogens is 3. The summed E-state index contributed by atoms with van der Waals surface area (Å²) in [5.41, 5.74) is -2.94. The van der Waals surface area contributed by atoms with Crippen LogP contribution in [-0.4, -0.2) is 156 Å². The third-order valence-corrected chi connectivity index (χ3v) is 14.3. The number of ketones is 1. The Balaban J connectivity index is 1.50. The summed E-state index contributed by atoms with van der Waals surface area (Å²) in [4.78, 5) is 30.4. The van der Waals surface area contributed by atoms with Crippen LogP contribution in [0.25, 0.3) is 0 Å². The number of esters is 1. The fourth-order valence-corrected chi connectivity index (χ4v) is 10.2. The zero-order valence-electron chi connectivity index (χ0n) is 39.9. The Hall–Kier alpha value is -2.94. The Morgan fingerprint density at radius 3 is 2.23 bits per heavy atom. The minimum absolute atomic E-state index is 0.0699. The molecule has 17 nitrogen and oxygen atoms in total. The lowest BCUT2D eigenvalue weighted by molar-refractivity contribution is -0.318. The van der Waals surface area contributed by atoms with Crippen LogP contribution in [0.5, 0.6) is 0 Å². The van der Waals surface area contributed by atoms with Gasteiger partial charge >= 0.3 is 5.97 Å². The molecule has 5 N–H and O–H groups in total. The zero-order valence-corrected chi connectivity index (χ0v) is 39.9. The van der Waals surface area contributed by atoms with Crippen molar-refractivity contribution in [2.45, 2.75) is 199 Å². The molecular weight excluding hydrogens is 829 g/mol. The van der Waals surface area contributed by atoms with Crippen molar-refractivity contribution in [3.8, 4) is 0 Å². The first-order chi connectivity index (χ1) is 29.9. The molecule has 0 radical (unpaired) electrons. The van der Waals surface area contributed by atoms with Crippen molar-refractivity contribution < 1.29 is 63.5 Å². The Bertz CT molecular complexity index is 1810. The van der Waals surface area contributed by atoms with Crippen LogP contribution in [0.1, 0.15) is 106 Å². The molecule has 1 aromatic heterocycles. The Morgan fingerprint density at radius 1 is 0.922 bits per heavy atom. The number of cyclic esters (lactones) is 1. The first-order valence-corrected chi connectivity index (χ1v) is 23.0. The number of hydrogen-bond donors (Lipinski definition) is 5. The van der Waals surface area contributed by atoms with Gasteiger partial charge in [0.2, 0.25) is 0 Å². The third kappa shape index (κ3) is 11.6. The van der Waals surface area contributed by atoms with Gasteiger partial charge in [0.05, 0.1) is 59.5 Å². The summed E-state index contributed by atoms with van der Waals surface area (Å²) in [7, 11) is 3.38. The number of rotatable bonds is 12. The van der Waals surface area contributed by atoms with Crippen LogP contribution < -0.4 is 0 Å². The van der Waals surface area contributed by atoms with Crippen LogP contribution in [0.15, 0.2) is 36.5 Å². The number of carbonyl (C=O) groups excluding carboxylic acids is 2. The predicted octanol–water partition coefficient (Wildman–Crippen LogP) is 3.19. The number of benzene rings is 1. The molecule has 18 atom stereocenters. The molecule has 0 spiro atoms. The fourth-order valence-electron chi connectivity index (χ4n) is 10.2. The Kier molecular flexibility index (Phi) is 17.4. The lowest BCUT2D eigenvalue weighted by Crippen LogP contribution is -2.61. The summed E-state index contributed by atoms with van der Waals surface area (Å²) in [5.74, 6) is -5.18. The molecule has 362 valence electrons. The second-order valence-corrected chi connectivity index (χ2v) is 19.6. The number of aryl methyl sites for hydroxylation is 2. The van der Waals surface area contributed by atoms with Crippen molar-refractivity contribution in [3.63, 3.8) is 0 Å². The van der Waals surface area contributed by atoms with Crippen LogP contribution in [0.3, 0.4) is 0 Å². The molecular formula is C47H76N4O13. The van der Waals surface area contributed by atoms with E-state index in [9.17, 15) is 35.1 Å². The highest BCUT2D eigenvalue weighted by molar-refractivity contribution is 5.83. The largest absolute Gasteiger partial charge is 0.459 e. The van der Waals surface area contributed by atoms with Crippen LogP contribution in [-0.2, 0) is 57.5 Å². The lowest BCUT2D eigenvalue weighted by Gasteiger charge is -2.49. The number of ether oxygens (including phenoxy) is 6. The number of nitrogens with zero attached hydrogens (tertiary/aromatic N) is 4. The van der Waals surface area contributed by atoms with E-state index < -0.39 is 120 Å². The zero-order chi connectivity index (χ0) is 47.5. The average molecular weight is 905 g/mol. The maximum absolute atomic E-state index is 14.3. The quantitative estimate of drug-likeness (QED) is 0.193. The van der Waals surface area contributed by atoms with Crippen molar-refractivity contribution in [2.75, 3.05) is 14.2 Å². The maximum atomic E-state index is 14.3. The molecule has 1 aromatic carbocycles. The molecule has 3 fully saturated rings. The molecule has 0 saturated carbocycles. The van der Waals surface area contributed by atoms with Gasteiger partial charge in [-0.3, -0.25) is 14.5 Å². The summed E-state index contributed by atoms with van der Waals surface area (Å²) in [6.45, 7) is 17.4. The first kappa shape index (κ1) is 52.0. The fraction of sp³-hybridized carbons (Fsp3) is 0.787. The molecule has 0 amide bonds. The van der Waals surface area contributed by atoms with Gasteiger partial charge in [0.15, 0.2) is 12.6 Å². The van der Waals surface area contributed by atoms with Gasteiger partial charge in [-0.25, -0.2) is 4.68 Å². The molecule has 3 saturated heterocycles. The molecule has 3 aliphatic heterocycles. The average Bonchev–Trinajstić information content (AvgIpc) is 3.70. The van der Waals surface area contributed by atoms with Crippen molar-refractivity contribution in [1.82, 2.24) is 19.9 Å².